The maximum atomic E-state index is 5.53. The van der Waals surface area contributed by atoms with E-state index >= 15 is 0 Å². The van der Waals surface area contributed by atoms with Crippen molar-refractivity contribution in [2.24, 2.45) is 5.92 Å². The molecule has 0 radical (unpaired) electrons. The van der Waals surface area contributed by atoms with Gasteiger partial charge in [0, 0.05) is 13.2 Å². The second-order valence-corrected chi connectivity index (χ2v) is 9.52. The van der Waals surface area contributed by atoms with Gasteiger partial charge in [0.1, 0.15) is 0 Å². The van der Waals surface area contributed by atoms with Crippen molar-refractivity contribution in [3.8, 4) is 0 Å². The molecule has 0 spiro atoms. The van der Waals surface area contributed by atoms with Crippen LogP contribution in [-0.2, 0) is 52.1 Å². The van der Waals surface area contributed by atoms with E-state index < -0.39 is 0 Å². The van der Waals surface area contributed by atoms with Crippen LogP contribution < -0.4 is 0 Å². The lowest BCUT2D eigenvalue weighted by Gasteiger charge is -2.10. The summed E-state index contributed by atoms with van der Waals surface area (Å²) in [4.78, 5) is 2.08. The molecule has 0 fully saturated rings. The summed E-state index contributed by atoms with van der Waals surface area (Å²) >= 11 is 0. The van der Waals surface area contributed by atoms with Gasteiger partial charge in [-0.1, -0.05) is 20.3 Å². The van der Waals surface area contributed by atoms with Crippen LogP contribution >= 0.6 is 0 Å². The normalized spacial score (nSPS) is 12.5. The Labute approximate surface area is 249 Å². The van der Waals surface area contributed by atoms with Gasteiger partial charge in [-0.3, -0.25) is 0 Å². The topological polar surface area (TPSA) is 105 Å². The van der Waals surface area contributed by atoms with Crippen LogP contribution in [-0.4, -0.2) is 171 Å². The molecule has 0 aliphatic rings. The van der Waals surface area contributed by atoms with Gasteiger partial charge < -0.3 is 57.0 Å². The molecule has 1 unspecified atom stereocenters. The third kappa shape index (κ3) is 37.5. The molecule has 0 heterocycles. The molecule has 0 aromatic carbocycles. The quantitative estimate of drug-likeness (QED) is 0.0981. The predicted molar refractivity (Wildman–Crippen MR) is 157 cm³/mol. The first-order valence-corrected chi connectivity index (χ1v) is 15.2. The first-order valence-electron chi connectivity index (χ1n) is 15.2. The Kier molecular flexibility index (Phi) is 35.3. The summed E-state index contributed by atoms with van der Waals surface area (Å²) < 4.78 is 60.2. The minimum absolute atomic E-state index is 0.524. The van der Waals surface area contributed by atoms with Gasteiger partial charge in [0.15, 0.2) is 0 Å². The van der Waals surface area contributed by atoms with Gasteiger partial charge in [-0.2, -0.15) is 0 Å². The molecule has 0 aromatic heterocycles. The van der Waals surface area contributed by atoms with E-state index in [1.54, 1.807) is 0 Å². The fraction of sp³-hybridized carbons (Fsp3) is 1.00. The monoisotopic (exact) mass is 599 g/mol. The van der Waals surface area contributed by atoms with E-state index in [1.807, 2.05) is 14.1 Å². The molecular weight excluding hydrogens is 538 g/mol. The van der Waals surface area contributed by atoms with Gasteiger partial charge in [0.05, 0.1) is 139 Å². The summed E-state index contributed by atoms with van der Waals surface area (Å²) in [5, 5.41) is 0. The van der Waals surface area contributed by atoms with Crippen LogP contribution in [0, 0.1) is 5.92 Å². The number of hydrogen-bond donors (Lipinski definition) is 0. The van der Waals surface area contributed by atoms with Crippen molar-refractivity contribution in [1.82, 2.24) is 4.90 Å². The highest BCUT2D eigenvalue weighted by Crippen LogP contribution is 2.00. The molecule has 248 valence electrons. The van der Waals surface area contributed by atoms with E-state index in [9.17, 15) is 0 Å². The summed E-state index contributed by atoms with van der Waals surface area (Å²) in [6.07, 6.45) is 1.14. The fourth-order valence-electron chi connectivity index (χ4n) is 2.85. The zero-order valence-electron chi connectivity index (χ0n) is 26.5. The lowest BCUT2D eigenvalue weighted by Crippen LogP contribution is -2.19. The van der Waals surface area contributed by atoms with E-state index in [2.05, 4.69) is 18.7 Å². The van der Waals surface area contributed by atoms with Crippen molar-refractivity contribution in [1.29, 1.82) is 0 Å². The molecule has 0 saturated heterocycles. The van der Waals surface area contributed by atoms with Crippen molar-refractivity contribution < 1.29 is 52.1 Å². The maximum Gasteiger partial charge on any atom is 0.0701 e. The average molecular weight is 600 g/mol. The molecule has 0 aliphatic heterocycles. The zero-order chi connectivity index (χ0) is 29.9. The number of ether oxygens (including phenoxy) is 11. The molecule has 1 atom stereocenters. The van der Waals surface area contributed by atoms with Crippen LogP contribution in [0.4, 0.5) is 0 Å². The van der Waals surface area contributed by atoms with Crippen molar-refractivity contribution in [3.05, 3.63) is 0 Å². The van der Waals surface area contributed by atoms with Crippen LogP contribution in [0.3, 0.4) is 0 Å². The van der Waals surface area contributed by atoms with E-state index in [0.717, 1.165) is 26.2 Å². The maximum absolute atomic E-state index is 5.53. The van der Waals surface area contributed by atoms with Crippen molar-refractivity contribution in [2.45, 2.75) is 20.3 Å². The Bertz CT molecular complexity index is 478. The van der Waals surface area contributed by atoms with Gasteiger partial charge >= 0.3 is 0 Å². The second kappa shape index (κ2) is 35.7. The Morgan fingerprint density at radius 1 is 0.366 bits per heavy atom. The molecule has 41 heavy (non-hydrogen) atoms. The molecule has 0 aromatic rings. The molecule has 0 bridgehead atoms. The Balaban J connectivity index is 3.04. The molecule has 0 amide bonds. The molecule has 0 rings (SSSR count). The van der Waals surface area contributed by atoms with Crippen LogP contribution in [0.25, 0.3) is 0 Å². The van der Waals surface area contributed by atoms with E-state index in [4.69, 9.17) is 52.1 Å². The minimum atomic E-state index is 0.524. The van der Waals surface area contributed by atoms with Crippen LogP contribution in [0.5, 0.6) is 0 Å². The first kappa shape index (κ1) is 40.5. The van der Waals surface area contributed by atoms with Crippen molar-refractivity contribution in [2.75, 3.05) is 166 Å². The Hall–Kier alpha value is -0.480. The Morgan fingerprint density at radius 2 is 0.585 bits per heavy atom. The summed E-state index contributed by atoms with van der Waals surface area (Å²) in [7, 11) is 4.04. The average Bonchev–Trinajstić information content (AvgIpc) is 2.97. The molecule has 0 saturated carbocycles. The van der Waals surface area contributed by atoms with Gasteiger partial charge in [-0.25, -0.2) is 0 Å². The summed E-state index contributed by atoms with van der Waals surface area (Å²) in [5.41, 5.74) is 0. The molecule has 0 aliphatic carbocycles. The standard InChI is InChI=1S/C29H61NO11/c1-5-29(2)28-41-27-26-40-25-24-39-23-22-38-21-20-37-19-18-36-17-16-35-15-14-34-13-12-33-11-10-32-9-8-31-7-6-30(3)4/h29H,5-28H2,1-4H3. The van der Waals surface area contributed by atoms with Crippen LogP contribution in [0.15, 0.2) is 0 Å². The summed E-state index contributed by atoms with van der Waals surface area (Å²) in [6.45, 7) is 17.8. The summed E-state index contributed by atoms with van der Waals surface area (Å²) in [5.74, 6) is 0.600. The third-order valence-electron chi connectivity index (χ3n) is 5.50. The highest BCUT2D eigenvalue weighted by molar-refractivity contribution is 4.46. The summed E-state index contributed by atoms with van der Waals surface area (Å²) in [6, 6.07) is 0. The molecule has 12 nitrogen and oxygen atoms in total. The first-order chi connectivity index (χ1) is 20.2. The van der Waals surface area contributed by atoms with Gasteiger partial charge in [0.25, 0.3) is 0 Å². The van der Waals surface area contributed by atoms with Crippen molar-refractivity contribution >= 4 is 0 Å². The highest BCUT2D eigenvalue weighted by Gasteiger charge is 1.99. The number of hydrogen-bond acceptors (Lipinski definition) is 12. The highest BCUT2D eigenvalue weighted by atomic mass is 16.6. The van der Waals surface area contributed by atoms with Crippen LogP contribution in [0.2, 0.25) is 0 Å². The number of likely N-dealkylation sites (N-methyl/N-ethyl adjacent to an activating group) is 1. The number of rotatable bonds is 36. The SMILES string of the molecule is CCC(C)COCCOCCOCCOCCOCCOCCOCCOCCOCCOCCOCCN(C)C. The van der Waals surface area contributed by atoms with Gasteiger partial charge in [0.2, 0.25) is 0 Å². The van der Waals surface area contributed by atoms with E-state index in [1.165, 1.54) is 0 Å². The van der Waals surface area contributed by atoms with E-state index in [-0.39, 0.29) is 0 Å². The Morgan fingerprint density at radius 3 is 0.805 bits per heavy atom. The van der Waals surface area contributed by atoms with Gasteiger partial charge in [-0.05, 0) is 20.0 Å². The lowest BCUT2D eigenvalue weighted by atomic mass is 10.1. The smallest absolute Gasteiger partial charge is 0.0701 e. The van der Waals surface area contributed by atoms with Crippen molar-refractivity contribution in [3.63, 3.8) is 0 Å². The minimum Gasteiger partial charge on any atom is -0.379 e. The molecule has 0 N–H and O–H groups in total. The zero-order valence-corrected chi connectivity index (χ0v) is 26.5. The molecular formula is C29H61NO11. The van der Waals surface area contributed by atoms with Crippen LogP contribution in [0.1, 0.15) is 20.3 Å². The third-order valence-corrected chi connectivity index (χ3v) is 5.50. The lowest BCUT2D eigenvalue weighted by molar-refractivity contribution is -0.0279. The largest absolute Gasteiger partial charge is 0.379 e. The number of nitrogens with zero attached hydrogens (tertiary/aromatic N) is 1. The second-order valence-electron chi connectivity index (χ2n) is 9.52. The van der Waals surface area contributed by atoms with Gasteiger partial charge in [-0.15, -0.1) is 0 Å². The predicted octanol–water partition coefficient (Wildman–Crippen LogP) is 1.78. The fourth-order valence-corrected chi connectivity index (χ4v) is 2.85. The van der Waals surface area contributed by atoms with E-state index in [0.29, 0.717) is 138 Å². The molecule has 12 heteroatoms.